The number of aliphatic hydroxyl groups is 1. The number of nitrogens with one attached hydrogen (secondary N) is 2. The maximum absolute atomic E-state index is 11.8. The molecule has 0 aliphatic heterocycles. The number of aryl methyl sites for hydroxylation is 1. The molecule has 0 fully saturated rings. The van der Waals surface area contributed by atoms with E-state index in [0.29, 0.717) is 13.0 Å². The van der Waals surface area contributed by atoms with E-state index < -0.39 is 6.10 Å². The number of nitrogens with zero attached hydrogens (tertiary/aromatic N) is 2. The number of benzene rings is 1. The van der Waals surface area contributed by atoms with Crippen molar-refractivity contribution >= 4 is 6.03 Å². The Labute approximate surface area is 130 Å². The SMILES string of the molecule is CC(NC(=O)NCCC(O)c1ccccc1)c1cnn(C)c1. The molecule has 0 saturated carbocycles. The monoisotopic (exact) mass is 302 g/mol. The van der Waals surface area contributed by atoms with Crippen molar-refractivity contribution in [2.24, 2.45) is 7.05 Å². The lowest BCUT2D eigenvalue weighted by Crippen LogP contribution is -2.37. The smallest absolute Gasteiger partial charge is 0.315 e. The largest absolute Gasteiger partial charge is 0.388 e. The number of carbonyl (C=O) groups excluding carboxylic acids is 1. The molecule has 1 heterocycles. The van der Waals surface area contributed by atoms with Crippen LogP contribution in [0.25, 0.3) is 0 Å². The Morgan fingerprint density at radius 2 is 2.05 bits per heavy atom. The van der Waals surface area contributed by atoms with E-state index in [1.807, 2.05) is 50.5 Å². The van der Waals surface area contributed by atoms with Gasteiger partial charge in [-0.3, -0.25) is 4.68 Å². The number of hydrogen-bond acceptors (Lipinski definition) is 3. The molecule has 22 heavy (non-hydrogen) atoms. The third-order valence-electron chi connectivity index (χ3n) is 3.46. The van der Waals surface area contributed by atoms with Gasteiger partial charge in [0, 0.05) is 25.4 Å². The zero-order valence-corrected chi connectivity index (χ0v) is 12.9. The fraction of sp³-hybridized carbons (Fsp3) is 0.375. The molecule has 0 saturated heterocycles. The summed E-state index contributed by atoms with van der Waals surface area (Å²) in [5, 5.41) is 19.7. The molecule has 0 radical (unpaired) electrons. The van der Waals surface area contributed by atoms with Crippen LogP contribution in [0.1, 0.15) is 36.6 Å². The maximum Gasteiger partial charge on any atom is 0.315 e. The van der Waals surface area contributed by atoms with Crippen LogP contribution in [0.2, 0.25) is 0 Å². The Bertz CT molecular complexity index is 597. The molecule has 0 aliphatic rings. The van der Waals surface area contributed by atoms with Gasteiger partial charge in [0.25, 0.3) is 0 Å². The van der Waals surface area contributed by atoms with Crippen LogP contribution >= 0.6 is 0 Å². The molecule has 2 amide bonds. The number of urea groups is 1. The van der Waals surface area contributed by atoms with E-state index in [2.05, 4.69) is 15.7 Å². The zero-order valence-electron chi connectivity index (χ0n) is 12.9. The van der Waals surface area contributed by atoms with Crippen molar-refractivity contribution in [1.82, 2.24) is 20.4 Å². The third kappa shape index (κ3) is 4.60. The average Bonchev–Trinajstić information content (AvgIpc) is 2.94. The minimum Gasteiger partial charge on any atom is -0.388 e. The summed E-state index contributed by atoms with van der Waals surface area (Å²) in [5.74, 6) is 0. The zero-order chi connectivity index (χ0) is 15.9. The Hall–Kier alpha value is -2.34. The first kappa shape index (κ1) is 16.0. The van der Waals surface area contributed by atoms with Crippen molar-refractivity contribution in [3.63, 3.8) is 0 Å². The predicted octanol–water partition coefficient (Wildman–Crippen LogP) is 1.90. The van der Waals surface area contributed by atoms with Crippen molar-refractivity contribution in [1.29, 1.82) is 0 Å². The minimum absolute atomic E-state index is 0.118. The fourth-order valence-electron chi connectivity index (χ4n) is 2.16. The normalized spacial score (nSPS) is 13.4. The van der Waals surface area contributed by atoms with E-state index in [1.54, 1.807) is 10.9 Å². The second-order valence-corrected chi connectivity index (χ2v) is 5.28. The topological polar surface area (TPSA) is 79.2 Å². The molecule has 2 aromatic rings. The third-order valence-corrected chi connectivity index (χ3v) is 3.46. The van der Waals surface area contributed by atoms with Gasteiger partial charge in [0.1, 0.15) is 0 Å². The fourth-order valence-corrected chi connectivity index (χ4v) is 2.16. The number of amides is 2. The lowest BCUT2D eigenvalue weighted by molar-refractivity contribution is 0.166. The van der Waals surface area contributed by atoms with Gasteiger partial charge in [0.05, 0.1) is 18.3 Å². The summed E-state index contributed by atoms with van der Waals surface area (Å²) in [5.41, 5.74) is 1.80. The van der Waals surface area contributed by atoms with Crippen molar-refractivity contribution in [3.05, 3.63) is 53.9 Å². The van der Waals surface area contributed by atoms with Gasteiger partial charge >= 0.3 is 6.03 Å². The highest BCUT2D eigenvalue weighted by molar-refractivity contribution is 5.74. The summed E-state index contributed by atoms with van der Waals surface area (Å²) in [4.78, 5) is 11.8. The Morgan fingerprint density at radius 3 is 2.68 bits per heavy atom. The first-order valence-corrected chi connectivity index (χ1v) is 7.32. The first-order chi connectivity index (χ1) is 10.6. The van der Waals surface area contributed by atoms with Crippen LogP contribution in [-0.4, -0.2) is 27.5 Å². The first-order valence-electron chi connectivity index (χ1n) is 7.32. The predicted molar refractivity (Wildman–Crippen MR) is 84.2 cm³/mol. The standard InChI is InChI=1S/C16H22N4O2/c1-12(14-10-18-20(2)11-14)19-16(22)17-9-8-15(21)13-6-4-3-5-7-13/h3-7,10-12,15,21H,8-9H2,1-2H3,(H2,17,19,22). The summed E-state index contributed by atoms with van der Waals surface area (Å²) in [6.07, 6.45) is 3.49. The van der Waals surface area contributed by atoms with Crippen LogP contribution < -0.4 is 10.6 Å². The summed E-state index contributed by atoms with van der Waals surface area (Å²) >= 11 is 0. The average molecular weight is 302 g/mol. The van der Waals surface area contributed by atoms with E-state index in [9.17, 15) is 9.90 Å². The van der Waals surface area contributed by atoms with Crippen LogP contribution in [-0.2, 0) is 7.05 Å². The van der Waals surface area contributed by atoms with Crippen molar-refractivity contribution in [2.45, 2.75) is 25.5 Å². The lowest BCUT2D eigenvalue weighted by Gasteiger charge is -2.15. The van der Waals surface area contributed by atoms with E-state index in [0.717, 1.165) is 11.1 Å². The van der Waals surface area contributed by atoms with E-state index in [1.165, 1.54) is 0 Å². The summed E-state index contributed by atoms with van der Waals surface area (Å²) in [6, 6.07) is 9.04. The molecule has 2 atom stereocenters. The van der Waals surface area contributed by atoms with Crippen LogP contribution in [0, 0.1) is 0 Å². The molecular weight excluding hydrogens is 280 g/mol. The summed E-state index contributed by atoms with van der Waals surface area (Å²) < 4.78 is 1.70. The second kappa shape index (κ2) is 7.61. The molecule has 3 N–H and O–H groups in total. The Kier molecular flexibility index (Phi) is 5.55. The Morgan fingerprint density at radius 1 is 1.32 bits per heavy atom. The molecule has 2 unspecified atom stereocenters. The molecule has 0 bridgehead atoms. The highest BCUT2D eigenvalue weighted by atomic mass is 16.3. The molecular formula is C16H22N4O2. The summed E-state index contributed by atoms with van der Waals surface area (Å²) in [6.45, 7) is 2.30. The molecule has 6 heteroatoms. The molecule has 0 spiro atoms. The van der Waals surface area contributed by atoms with Crippen LogP contribution in [0.4, 0.5) is 4.79 Å². The lowest BCUT2D eigenvalue weighted by atomic mass is 10.1. The number of aromatic nitrogens is 2. The van der Waals surface area contributed by atoms with E-state index >= 15 is 0 Å². The van der Waals surface area contributed by atoms with Gasteiger partial charge in [-0.05, 0) is 18.9 Å². The van der Waals surface area contributed by atoms with Crippen molar-refractivity contribution < 1.29 is 9.90 Å². The van der Waals surface area contributed by atoms with Gasteiger partial charge in [-0.15, -0.1) is 0 Å². The summed E-state index contributed by atoms with van der Waals surface area (Å²) in [7, 11) is 1.83. The van der Waals surface area contributed by atoms with Gasteiger partial charge in [-0.2, -0.15) is 5.10 Å². The molecule has 1 aromatic carbocycles. The van der Waals surface area contributed by atoms with Crippen LogP contribution in [0.3, 0.4) is 0 Å². The second-order valence-electron chi connectivity index (χ2n) is 5.28. The highest BCUT2D eigenvalue weighted by Gasteiger charge is 2.11. The van der Waals surface area contributed by atoms with Gasteiger partial charge in [-0.1, -0.05) is 30.3 Å². The molecule has 0 aliphatic carbocycles. The molecule has 2 rings (SSSR count). The Balaban J connectivity index is 1.71. The van der Waals surface area contributed by atoms with Gasteiger partial charge in [0.15, 0.2) is 0 Å². The number of aliphatic hydroxyl groups excluding tert-OH is 1. The van der Waals surface area contributed by atoms with Gasteiger partial charge in [0.2, 0.25) is 0 Å². The van der Waals surface area contributed by atoms with Crippen molar-refractivity contribution in [3.8, 4) is 0 Å². The van der Waals surface area contributed by atoms with Crippen molar-refractivity contribution in [2.75, 3.05) is 6.54 Å². The number of carbonyl (C=O) groups is 1. The van der Waals surface area contributed by atoms with Gasteiger partial charge < -0.3 is 15.7 Å². The quantitative estimate of drug-likeness (QED) is 0.762. The van der Waals surface area contributed by atoms with Crippen LogP contribution in [0.15, 0.2) is 42.7 Å². The number of rotatable bonds is 6. The molecule has 118 valence electrons. The molecule has 1 aromatic heterocycles. The maximum atomic E-state index is 11.8. The van der Waals surface area contributed by atoms with Crippen LogP contribution in [0.5, 0.6) is 0 Å². The van der Waals surface area contributed by atoms with E-state index in [4.69, 9.17) is 0 Å². The minimum atomic E-state index is -0.572. The molecule has 6 nitrogen and oxygen atoms in total. The van der Waals surface area contributed by atoms with E-state index in [-0.39, 0.29) is 12.1 Å². The number of hydrogen-bond donors (Lipinski definition) is 3. The highest BCUT2D eigenvalue weighted by Crippen LogP contribution is 2.15. The van der Waals surface area contributed by atoms with Gasteiger partial charge in [-0.25, -0.2) is 4.79 Å².